The molecule has 2 nitrogen and oxygen atoms in total. The molecule has 1 amide bonds. The first kappa shape index (κ1) is 14.3. The minimum absolute atomic E-state index is 0.115. The molecule has 2 atom stereocenters. The van der Waals surface area contributed by atoms with E-state index < -0.39 is 0 Å². The van der Waals surface area contributed by atoms with Crippen molar-refractivity contribution >= 4 is 17.2 Å². The maximum atomic E-state index is 12.2. The number of thiophene rings is 1. The predicted molar refractivity (Wildman–Crippen MR) is 81.2 cm³/mol. The number of carbonyl (C=O) groups excluding carboxylic acids is 1. The van der Waals surface area contributed by atoms with Crippen LogP contribution in [-0.2, 0) is 11.2 Å². The Kier molecular flexibility index (Phi) is 4.14. The molecule has 1 heterocycles. The normalized spacial score (nSPS) is 23.8. The fourth-order valence-electron chi connectivity index (χ4n) is 2.72. The van der Waals surface area contributed by atoms with E-state index in [0.29, 0.717) is 5.92 Å². The van der Waals surface area contributed by atoms with Gasteiger partial charge in [-0.1, -0.05) is 31.6 Å². The lowest BCUT2D eigenvalue weighted by Gasteiger charge is -2.05. The number of carbonyl (C=O) groups is 1. The van der Waals surface area contributed by atoms with E-state index in [4.69, 9.17) is 0 Å². The maximum Gasteiger partial charge on any atom is 0.224 e. The average Bonchev–Trinajstić information content (AvgIpc) is 2.69. The van der Waals surface area contributed by atoms with Crippen molar-refractivity contribution in [1.82, 2.24) is 5.32 Å². The van der Waals surface area contributed by atoms with E-state index >= 15 is 0 Å². The van der Waals surface area contributed by atoms with Crippen LogP contribution in [0.3, 0.4) is 0 Å². The van der Waals surface area contributed by atoms with Crippen LogP contribution in [0.2, 0.25) is 0 Å². The van der Waals surface area contributed by atoms with Crippen LogP contribution in [0.25, 0.3) is 0 Å². The van der Waals surface area contributed by atoms with E-state index in [1.807, 2.05) is 0 Å². The van der Waals surface area contributed by atoms with E-state index in [9.17, 15) is 4.79 Å². The Labute approximate surface area is 119 Å². The fourth-order valence-corrected chi connectivity index (χ4v) is 3.43. The van der Waals surface area contributed by atoms with Gasteiger partial charge in [-0.05, 0) is 43.0 Å². The highest BCUT2D eigenvalue weighted by atomic mass is 32.1. The molecule has 1 N–H and O–H groups in total. The van der Waals surface area contributed by atoms with Crippen molar-refractivity contribution in [3.05, 3.63) is 34.0 Å². The summed E-state index contributed by atoms with van der Waals surface area (Å²) in [6.45, 7) is 9.30. The van der Waals surface area contributed by atoms with E-state index in [-0.39, 0.29) is 17.2 Å². The van der Waals surface area contributed by atoms with Gasteiger partial charge in [0.15, 0.2) is 0 Å². The lowest BCUT2D eigenvalue weighted by atomic mass is 10.1. The number of amides is 1. The van der Waals surface area contributed by atoms with Crippen molar-refractivity contribution in [1.29, 1.82) is 0 Å². The first-order chi connectivity index (χ1) is 8.93. The van der Waals surface area contributed by atoms with Gasteiger partial charge in [-0.2, -0.15) is 0 Å². The summed E-state index contributed by atoms with van der Waals surface area (Å²) in [5.41, 5.74) is 1.41. The van der Waals surface area contributed by atoms with Crippen molar-refractivity contribution in [2.24, 2.45) is 17.3 Å². The summed E-state index contributed by atoms with van der Waals surface area (Å²) in [6, 6.07) is 4.17. The zero-order valence-electron chi connectivity index (χ0n) is 12.2. The van der Waals surface area contributed by atoms with Gasteiger partial charge >= 0.3 is 0 Å². The molecule has 2 rings (SSSR count). The van der Waals surface area contributed by atoms with Crippen molar-refractivity contribution in [2.75, 3.05) is 6.54 Å². The largest absolute Gasteiger partial charge is 0.355 e. The molecule has 1 aromatic heterocycles. The average molecular weight is 277 g/mol. The number of hydrogen-bond acceptors (Lipinski definition) is 2. The Morgan fingerprint density at radius 1 is 1.47 bits per heavy atom. The molecule has 0 bridgehead atoms. The van der Waals surface area contributed by atoms with Gasteiger partial charge < -0.3 is 5.32 Å². The molecule has 1 saturated carbocycles. The van der Waals surface area contributed by atoms with Crippen molar-refractivity contribution in [2.45, 2.75) is 34.1 Å². The molecule has 1 aromatic rings. The first-order valence-corrected chi connectivity index (χ1v) is 7.76. The Balaban J connectivity index is 1.82. The van der Waals surface area contributed by atoms with E-state index in [0.717, 1.165) is 13.0 Å². The Morgan fingerprint density at radius 2 is 2.21 bits per heavy atom. The third-order valence-electron chi connectivity index (χ3n) is 3.96. The van der Waals surface area contributed by atoms with Gasteiger partial charge in [0.05, 0.1) is 5.92 Å². The van der Waals surface area contributed by atoms with Gasteiger partial charge in [0.1, 0.15) is 0 Å². The van der Waals surface area contributed by atoms with Gasteiger partial charge in [-0.15, -0.1) is 11.3 Å². The van der Waals surface area contributed by atoms with Gasteiger partial charge in [-0.3, -0.25) is 4.79 Å². The minimum atomic E-state index is 0.115. The third-order valence-corrected chi connectivity index (χ3v) is 4.89. The SMILES string of the molecule is CC(C)=CC1C(C(=O)NCCc2cccs2)C1(C)C. The fraction of sp³-hybridized carbons (Fsp3) is 0.562. The first-order valence-electron chi connectivity index (χ1n) is 6.88. The van der Waals surface area contributed by atoms with Gasteiger partial charge in [-0.25, -0.2) is 0 Å². The summed E-state index contributed by atoms with van der Waals surface area (Å²) in [5, 5.41) is 5.16. The van der Waals surface area contributed by atoms with Crippen LogP contribution in [0.15, 0.2) is 29.2 Å². The number of allylic oxidation sites excluding steroid dienone is 2. The second-order valence-corrected chi connectivity index (χ2v) is 7.22. The molecule has 0 aliphatic heterocycles. The summed E-state index contributed by atoms with van der Waals surface area (Å²) in [4.78, 5) is 13.5. The second kappa shape index (κ2) is 5.49. The quantitative estimate of drug-likeness (QED) is 0.818. The monoisotopic (exact) mass is 277 g/mol. The Bertz CT molecular complexity index is 469. The Hall–Kier alpha value is -1.09. The smallest absolute Gasteiger partial charge is 0.224 e. The lowest BCUT2D eigenvalue weighted by Crippen LogP contribution is -2.28. The standard InChI is InChI=1S/C16H23NOS/c1-11(2)10-13-14(16(13,3)4)15(18)17-8-7-12-6-5-9-19-12/h5-6,9-10,13-14H,7-8H2,1-4H3,(H,17,18). The molecule has 19 heavy (non-hydrogen) atoms. The number of rotatable bonds is 5. The zero-order valence-corrected chi connectivity index (χ0v) is 13.0. The van der Waals surface area contributed by atoms with Crippen LogP contribution >= 0.6 is 11.3 Å². The summed E-state index contributed by atoms with van der Waals surface area (Å²) in [6.07, 6.45) is 3.17. The molecule has 0 saturated heterocycles. The molecular weight excluding hydrogens is 254 g/mol. The van der Waals surface area contributed by atoms with E-state index in [1.54, 1.807) is 11.3 Å². The molecule has 0 aromatic carbocycles. The summed E-state index contributed by atoms with van der Waals surface area (Å²) in [5.74, 6) is 0.758. The number of nitrogens with one attached hydrogen (secondary N) is 1. The van der Waals surface area contributed by atoms with Crippen LogP contribution in [-0.4, -0.2) is 12.5 Å². The van der Waals surface area contributed by atoms with Gasteiger partial charge in [0.2, 0.25) is 5.91 Å². The number of hydrogen-bond donors (Lipinski definition) is 1. The van der Waals surface area contributed by atoms with Crippen LogP contribution < -0.4 is 5.32 Å². The van der Waals surface area contributed by atoms with Crippen molar-refractivity contribution in [3.63, 3.8) is 0 Å². The predicted octanol–water partition coefficient (Wildman–Crippen LogP) is 3.65. The van der Waals surface area contributed by atoms with Gasteiger partial charge in [0.25, 0.3) is 0 Å². The van der Waals surface area contributed by atoms with Gasteiger partial charge in [0, 0.05) is 11.4 Å². The topological polar surface area (TPSA) is 29.1 Å². The molecule has 1 fully saturated rings. The maximum absolute atomic E-state index is 12.2. The molecule has 104 valence electrons. The lowest BCUT2D eigenvalue weighted by molar-refractivity contribution is -0.123. The van der Waals surface area contributed by atoms with Crippen molar-refractivity contribution < 1.29 is 4.79 Å². The molecule has 1 aliphatic carbocycles. The molecule has 3 heteroatoms. The zero-order chi connectivity index (χ0) is 14.0. The molecular formula is C16H23NOS. The van der Waals surface area contributed by atoms with Crippen molar-refractivity contribution in [3.8, 4) is 0 Å². The van der Waals surface area contributed by atoms with Crippen LogP contribution in [0.4, 0.5) is 0 Å². The second-order valence-electron chi connectivity index (χ2n) is 6.19. The Morgan fingerprint density at radius 3 is 2.79 bits per heavy atom. The summed E-state index contributed by atoms with van der Waals surface area (Å²) >= 11 is 1.75. The third kappa shape index (κ3) is 3.27. The molecule has 0 radical (unpaired) electrons. The molecule has 2 unspecified atom stereocenters. The van der Waals surface area contributed by atoms with Crippen LogP contribution in [0, 0.1) is 17.3 Å². The molecule has 0 spiro atoms. The van der Waals surface area contributed by atoms with E-state index in [1.165, 1.54) is 10.5 Å². The minimum Gasteiger partial charge on any atom is -0.355 e. The van der Waals surface area contributed by atoms with Crippen LogP contribution in [0.5, 0.6) is 0 Å². The highest BCUT2D eigenvalue weighted by Gasteiger charge is 2.60. The highest BCUT2D eigenvalue weighted by Crippen LogP contribution is 2.59. The summed E-state index contributed by atoms with van der Waals surface area (Å²) < 4.78 is 0. The van der Waals surface area contributed by atoms with Crippen LogP contribution in [0.1, 0.15) is 32.6 Å². The molecule has 1 aliphatic rings. The summed E-state index contributed by atoms with van der Waals surface area (Å²) in [7, 11) is 0. The van der Waals surface area contributed by atoms with E-state index in [2.05, 4.69) is 56.6 Å². The highest BCUT2D eigenvalue weighted by molar-refractivity contribution is 7.09.